The van der Waals surface area contributed by atoms with E-state index in [9.17, 15) is 9.59 Å². The number of nitrogens with zero attached hydrogens (tertiary/aromatic N) is 1. The van der Waals surface area contributed by atoms with Gasteiger partial charge in [0.25, 0.3) is 0 Å². The van der Waals surface area contributed by atoms with E-state index >= 15 is 0 Å². The van der Waals surface area contributed by atoms with Crippen LogP contribution in [0.25, 0.3) is 0 Å². The molecule has 0 aliphatic carbocycles. The molecule has 0 aromatic heterocycles. The number of urea groups is 1. The first kappa shape index (κ1) is 14.0. The lowest BCUT2D eigenvalue weighted by Gasteiger charge is -2.36. The largest absolute Gasteiger partial charge is 0.481 e. The van der Waals surface area contributed by atoms with E-state index in [0.717, 1.165) is 25.0 Å². The first-order valence-electron chi connectivity index (χ1n) is 7.15. The van der Waals surface area contributed by atoms with Crippen molar-refractivity contribution >= 4 is 23.8 Å². The molecule has 112 valence electrons. The van der Waals surface area contributed by atoms with Crippen molar-refractivity contribution in [3.8, 4) is 0 Å². The van der Waals surface area contributed by atoms with Gasteiger partial charge in [-0.05, 0) is 19.3 Å². The number of hydrogen-bond acceptors (Lipinski definition) is 4. The number of amides is 2. The van der Waals surface area contributed by atoms with Crippen LogP contribution in [-0.4, -0.2) is 64.3 Å². The molecule has 0 radical (unpaired) electrons. The smallest absolute Gasteiger partial charge is 0.318 e. The maximum Gasteiger partial charge on any atom is 0.318 e. The molecule has 3 aliphatic rings. The van der Waals surface area contributed by atoms with Gasteiger partial charge in [0.1, 0.15) is 0 Å². The van der Waals surface area contributed by atoms with Gasteiger partial charge in [-0.3, -0.25) is 4.79 Å². The van der Waals surface area contributed by atoms with Crippen molar-refractivity contribution in [1.82, 2.24) is 10.2 Å². The van der Waals surface area contributed by atoms with Crippen molar-refractivity contribution in [2.45, 2.75) is 50.0 Å². The van der Waals surface area contributed by atoms with Gasteiger partial charge in [-0.25, -0.2) is 4.79 Å². The zero-order valence-corrected chi connectivity index (χ0v) is 12.1. The van der Waals surface area contributed by atoms with Gasteiger partial charge in [0.05, 0.1) is 30.7 Å². The second kappa shape index (κ2) is 5.81. The van der Waals surface area contributed by atoms with E-state index in [1.165, 1.54) is 0 Å². The van der Waals surface area contributed by atoms with Crippen molar-refractivity contribution < 1.29 is 19.4 Å². The van der Waals surface area contributed by atoms with Crippen LogP contribution >= 0.6 is 11.8 Å². The Hall–Kier alpha value is -0.950. The highest BCUT2D eigenvalue weighted by atomic mass is 32.2. The molecule has 20 heavy (non-hydrogen) atoms. The van der Waals surface area contributed by atoms with Crippen molar-refractivity contribution in [3.05, 3.63) is 0 Å². The summed E-state index contributed by atoms with van der Waals surface area (Å²) in [6, 6.07) is -0.232. The van der Waals surface area contributed by atoms with Crippen LogP contribution < -0.4 is 5.32 Å². The Morgan fingerprint density at radius 3 is 2.90 bits per heavy atom. The zero-order chi connectivity index (χ0) is 14.1. The Morgan fingerprint density at radius 2 is 2.25 bits per heavy atom. The molecule has 2 amide bonds. The summed E-state index contributed by atoms with van der Waals surface area (Å²) in [6.45, 7) is 0.621. The van der Waals surface area contributed by atoms with Crippen LogP contribution in [0.1, 0.15) is 25.7 Å². The fraction of sp³-hybridized carbons (Fsp3) is 0.846. The minimum Gasteiger partial charge on any atom is -0.481 e. The zero-order valence-electron chi connectivity index (χ0n) is 11.3. The lowest BCUT2D eigenvalue weighted by atomic mass is 9.96. The molecule has 4 atom stereocenters. The number of carboxylic acids is 1. The summed E-state index contributed by atoms with van der Waals surface area (Å²) in [5.74, 6) is 0.725. The highest BCUT2D eigenvalue weighted by Crippen LogP contribution is 2.34. The molecule has 0 saturated carbocycles. The van der Waals surface area contributed by atoms with Crippen molar-refractivity contribution in [1.29, 1.82) is 0 Å². The molecule has 3 heterocycles. The molecular weight excluding hydrogens is 280 g/mol. The van der Waals surface area contributed by atoms with Crippen LogP contribution in [0.2, 0.25) is 0 Å². The average Bonchev–Trinajstić information content (AvgIpc) is 3.00. The number of ether oxygens (including phenoxy) is 1. The molecule has 6 nitrogen and oxygen atoms in total. The van der Waals surface area contributed by atoms with Gasteiger partial charge >= 0.3 is 12.0 Å². The molecule has 2 N–H and O–H groups in total. The van der Waals surface area contributed by atoms with Crippen LogP contribution in [0.15, 0.2) is 0 Å². The third-order valence-electron chi connectivity index (χ3n) is 4.31. The second-order valence-electron chi connectivity index (χ2n) is 5.69. The van der Waals surface area contributed by atoms with Crippen LogP contribution in [0.4, 0.5) is 4.79 Å². The number of carbonyl (C=O) groups is 2. The Labute approximate surface area is 122 Å². The summed E-state index contributed by atoms with van der Waals surface area (Å²) in [5, 5.41) is 12.0. The molecular formula is C13H20N2O4S. The molecule has 7 heteroatoms. The number of nitrogens with one attached hydrogen (secondary N) is 1. The maximum atomic E-state index is 12.4. The molecule has 4 unspecified atom stereocenters. The third kappa shape index (κ3) is 2.88. The average molecular weight is 300 g/mol. The minimum atomic E-state index is -0.849. The standard InChI is InChI=1S/C13H20N2O4S/c16-12(17)5-8-7-20-4-3-15(8)13(18)14-10-6-9-1-2-11(10)19-9/h8-11H,1-7H2,(H,14,18)(H,16,17). The van der Waals surface area contributed by atoms with E-state index in [0.29, 0.717) is 18.4 Å². The number of hydrogen-bond donors (Lipinski definition) is 2. The Morgan fingerprint density at radius 1 is 1.40 bits per heavy atom. The summed E-state index contributed by atoms with van der Waals surface area (Å²) in [4.78, 5) is 25.0. The lowest BCUT2D eigenvalue weighted by Crippen LogP contribution is -2.54. The Balaban J connectivity index is 1.58. The van der Waals surface area contributed by atoms with Crippen LogP contribution in [0.3, 0.4) is 0 Å². The predicted octanol–water partition coefficient (Wildman–Crippen LogP) is 0.908. The van der Waals surface area contributed by atoms with E-state index in [2.05, 4.69) is 5.32 Å². The molecule has 3 rings (SSSR count). The quantitative estimate of drug-likeness (QED) is 0.810. The summed E-state index contributed by atoms with van der Waals surface area (Å²) >= 11 is 1.71. The number of aliphatic carboxylic acids is 1. The monoisotopic (exact) mass is 300 g/mol. The van der Waals surface area contributed by atoms with E-state index < -0.39 is 5.97 Å². The van der Waals surface area contributed by atoms with Crippen molar-refractivity contribution in [2.75, 3.05) is 18.1 Å². The van der Waals surface area contributed by atoms with Gasteiger partial charge in [0.2, 0.25) is 0 Å². The molecule has 3 saturated heterocycles. The van der Waals surface area contributed by atoms with E-state index in [1.54, 1.807) is 16.7 Å². The summed E-state index contributed by atoms with van der Waals surface area (Å²) in [7, 11) is 0. The molecule has 0 aromatic carbocycles. The fourth-order valence-electron chi connectivity index (χ4n) is 3.32. The first-order chi connectivity index (χ1) is 9.63. The number of fused-ring (bicyclic) bond motifs is 2. The van der Waals surface area contributed by atoms with E-state index in [4.69, 9.17) is 9.84 Å². The Bertz CT molecular complexity index is 406. The summed E-state index contributed by atoms with van der Waals surface area (Å²) in [6.07, 6.45) is 3.48. The second-order valence-corrected chi connectivity index (χ2v) is 6.84. The van der Waals surface area contributed by atoms with Crippen LogP contribution in [0, 0.1) is 0 Å². The van der Waals surface area contributed by atoms with Crippen LogP contribution in [-0.2, 0) is 9.53 Å². The van der Waals surface area contributed by atoms with Gasteiger partial charge in [0, 0.05) is 18.1 Å². The molecule has 3 fully saturated rings. The summed E-state index contributed by atoms with van der Waals surface area (Å²) in [5.41, 5.74) is 0. The highest BCUT2D eigenvalue weighted by Gasteiger charge is 2.42. The lowest BCUT2D eigenvalue weighted by molar-refractivity contribution is -0.138. The molecule has 3 aliphatic heterocycles. The number of carbonyl (C=O) groups excluding carboxylic acids is 1. The van der Waals surface area contributed by atoms with Crippen LogP contribution in [0.5, 0.6) is 0 Å². The maximum absolute atomic E-state index is 12.4. The van der Waals surface area contributed by atoms with Crippen molar-refractivity contribution in [2.24, 2.45) is 0 Å². The molecule has 2 bridgehead atoms. The third-order valence-corrected chi connectivity index (χ3v) is 5.41. The van der Waals surface area contributed by atoms with E-state index in [1.807, 2.05) is 0 Å². The first-order valence-corrected chi connectivity index (χ1v) is 8.31. The predicted molar refractivity (Wildman–Crippen MR) is 74.9 cm³/mol. The number of carboxylic acid groups (broad SMARTS) is 1. The normalized spacial score (nSPS) is 36.1. The summed E-state index contributed by atoms with van der Waals surface area (Å²) < 4.78 is 5.73. The SMILES string of the molecule is O=C(O)CC1CSCCN1C(=O)NC1CC2CCC1O2. The minimum absolute atomic E-state index is 0.0215. The topological polar surface area (TPSA) is 78.9 Å². The van der Waals surface area contributed by atoms with E-state index in [-0.39, 0.29) is 30.6 Å². The molecule has 0 aromatic rings. The van der Waals surface area contributed by atoms with Gasteiger partial charge < -0.3 is 20.1 Å². The van der Waals surface area contributed by atoms with Gasteiger partial charge in [-0.1, -0.05) is 0 Å². The molecule has 0 spiro atoms. The Kier molecular flexibility index (Phi) is 4.07. The van der Waals surface area contributed by atoms with Crippen molar-refractivity contribution in [3.63, 3.8) is 0 Å². The number of rotatable bonds is 3. The van der Waals surface area contributed by atoms with Gasteiger partial charge in [-0.15, -0.1) is 0 Å². The fourth-order valence-corrected chi connectivity index (χ4v) is 4.39. The number of thioether (sulfide) groups is 1. The van der Waals surface area contributed by atoms with Gasteiger partial charge in [0.15, 0.2) is 0 Å². The highest BCUT2D eigenvalue weighted by molar-refractivity contribution is 7.99. The van der Waals surface area contributed by atoms with Gasteiger partial charge in [-0.2, -0.15) is 11.8 Å².